The molecule has 0 spiro atoms. The van der Waals surface area contributed by atoms with E-state index in [2.05, 4.69) is 38.6 Å². The van der Waals surface area contributed by atoms with Gasteiger partial charge in [0.2, 0.25) is 0 Å². The van der Waals surface area contributed by atoms with Crippen molar-refractivity contribution in [1.82, 2.24) is 10.2 Å². The molecule has 1 aromatic heterocycles. The molecule has 0 saturated carbocycles. The monoisotopic (exact) mass is 436 g/mol. The Balaban J connectivity index is 0.00000240. The van der Waals surface area contributed by atoms with E-state index in [9.17, 15) is 4.39 Å². The highest BCUT2D eigenvalue weighted by atomic mass is 35.5. The first-order chi connectivity index (χ1) is 13.5. The molecule has 29 heavy (non-hydrogen) atoms. The average Bonchev–Trinajstić information content (AvgIpc) is 2.70. The van der Waals surface area contributed by atoms with Crippen LogP contribution in [0.25, 0.3) is 10.8 Å². The summed E-state index contributed by atoms with van der Waals surface area (Å²) in [5, 5.41) is 14.5. The number of anilines is 2. The number of halogens is 3. The zero-order valence-corrected chi connectivity index (χ0v) is 17.9. The molecule has 0 radical (unpaired) electrons. The Bertz CT molecular complexity index is 1010. The van der Waals surface area contributed by atoms with Gasteiger partial charge in [-0.1, -0.05) is 23.7 Å². The van der Waals surface area contributed by atoms with Crippen LogP contribution in [0.3, 0.4) is 0 Å². The quantitative estimate of drug-likeness (QED) is 0.611. The number of aryl methyl sites for hydroxylation is 1. The minimum atomic E-state index is -0.350. The molecule has 1 fully saturated rings. The number of morpholine rings is 1. The Labute approximate surface area is 180 Å². The molecule has 0 aliphatic carbocycles. The second kappa shape index (κ2) is 9.11. The van der Waals surface area contributed by atoms with Crippen molar-refractivity contribution >= 4 is 46.3 Å². The van der Waals surface area contributed by atoms with Crippen molar-refractivity contribution in [3.05, 3.63) is 58.5 Å². The summed E-state index contributed by atoms with van der Waals surface area (Å²) >= 11 is 6.23. The van der Waals surface area contributed by atoms with Crippen molar-refractivity contribution in [2.24, 2.45) is 0 Å². The molecule has 1 saturated heterocycles. The van der Waals surface area contributed by atoms with Crippen molar-refractivity contribution in [3.63, 3.8) is 0 Å². The fourth-order valence-corrected chi connectivity index (χ4v) is 3.87. The predicted octanol–water partition coefficient (Wildman–Crippen LogP) is 5.16. The molecule has 154 valence electrons. The number of benzene rings is 2. The van der Waals surface area contributed by atoms with Gasteiger partial charge in [-0.25, -0.2) is 4.39 Å². The Hall–Kier alpha value is -2.15. The Kier molecular flexibility index (Phi) is 6.77. The van der Waals surface area contributed by atoms with Gasteiger partial charge in [0.25, 0.3) is 0 Å². The lowest BCUT2D eigenvalue weighted by molar-refractivity contribution is 0.122. The maximum Gasteiger partial charge on any atom is 0.157 e. The normalized spacial score (nSPS) is 15.1. The van der Waals surface area contributed by atoms with Crippen LogP contribution in [0.5, 0.6) is 0 Å². The van der Waals surface area contributed by atoms with Gasteiger partial charge in [0.05, 0.1) is 24.9 Å². The fourth-order valence-electron chi connectivity index (χ4n) is 3.54. The van der Waals surface area contributed by atoms with Crippen LogP contribution in [0.1, 0.15) is 24.2 Å². The van der Waals surface area contributed by atoms with Gasteiger partial charge in [0, 0.05) is 34.6 Å². The Morgan fingerprint density at radius 3 is 2.59 bits per heavy atom. The SMILES string of the molecule is Cc1nnc(NC(C)c2ccc(F)cc2Cl)c2cc(N3CCOCC3)ccc12.Cl. The van der Waals surface area contributed by atoms with E-state index in [1.54, 1.807) is 6.07 Å². The summed E-state index contributed by atoms with van der Waals surface area (Å²) in [6, 6.07) is 10.6. The second-order valence-corrected chi connectivity index (χ2v) is 7.40. The summed E-state index contributed by atoms with van der Waals surface area (Å²) in [7, 11) is 0. The van der Waals surface area contributed by atoms with E-state index in [-0.39, 0.29) is 24.3 Å². The van der Waals surface area contributed by atoms with E-state index >= 15 is 0 Å². The molecule has 1 aliphatic rings. The lowest BCUT2D eigenvalue weighted by atomic mass is 10.1. The second-order valence-electron chi connectivity index (χ2n) is 7.00. The Morgan fingerprint density at radius 2 is 1.86 bits per heavy atom. The summed E-state index contributed by atoms with van der Waals surface area (Å²) in [5.41, 5.74) is 2.82. The van der Waals surface area contributed by atoms with Gasteiger partial charge in [-0.3, -0.25) is 0 Å². The van der Waals surface area contributed by atoms with Crippen LogP contribution in [0.2, 0.25) is 5.02 Å². The predicted molar refractivity (Wildman–Crippen MR) is 118 cm³/mol. The number of aromatic nitrogens is 2. The molecular formula is C21H23Cl2FN4O. The van der Waals surface area contributed by atoms with E-state index in [0.29, 0.717) is 10.8 Å². The number of hydrogen-bond acceptors (Lipinski definition) is 5. The van der Waals surface area contributed by atoms with E-state index in [0.717, 1.165) is 54.0 Å². The van der Waals surface area contributed by atoms with E-state index in [1.807, 2.05) is 13.8 Å². The van der Waals surface area contributed by atoms with Crippen molar-refractivity contribution in [1.29, 1.82) is 0 Å². The number of fused-ring (bicyclic) bond motifs is 1. The molecule has 0 bridgehead atoms. The van der Waals surface area contributed by atoms with Gasteiger partial charge in [-0.2, -0.15) is 5.10 Å². The summed E-state index contributed by atoms with van der Waals surface area (Å²) in [4.78, 5) is 2.31. The maximum atomic E-state index is 13.4. The van der Waals surface area contributed by atoms with Crippen molar-refractivity contribution in [2.45, 2.75) is 19.9 Å². The third-order valence-corrected chi connectivity index (χ3v) is 5.43. The van der Waals surface area contributed by atoms with Gasteiger partial charge >= 0.3 is 0 Å². The summed E-state index contributed by atoms with van der Waals surface area (Å²) in [6.07, 6.45) is 0. The molecule has 3 aromatic rings. The van der Waals surface area contributed by atoms with Gasteiger partial charge in [-0.05, 0) is 43.7 Å². The highest BCUT2D eigenvalue weighted by molar-refractivity contribution is 6.31. The van der Waals surface area contributed by atoms with Crippen LogP contribution in [-0.4, -0.2) is 36.5 Å². The third-order valence-electron chi connectivity index (χ3n) is 5.11. The van der Waals surface area contributed by atoms with Crippen LogP contribution in [0.4, 0.5) is 15.9 Å². The topological polar surface area (TPSA) is 50.3 Å². The van der Waals surface area contributed by atoms with E-state index < -0.39 is 0 Å². The fraction of sp³-hybridized carbons (Fsp3) is 0.333. The zero-order valence-electron chi connectivity index (χ0n) is 16.3. The number of hydrogen-bond donors (Lipinski definition) is 1. The minimum Gasteiger partial charge on any atom is -0.378 e. The Morgan fingerprint density at radius 1 is 1.10 bits per heavy atom. The number of nitrogens with one attached hydrogen (secondary N) is 1. The number of ether oxygens (including phenoxy) is 1. The highest BCUT2D eigenvalue weighted by Crippen LogP contribution is 2.32. The average molecular weight is 437 g/mol. The van der Waals surface area contributed by atoms with Crippen LogP contribution in [-0.2, 0) is 4.74 Å². The van der Waals surface area contributed by atoms with Crippen molar-refractivity contribution in [3.8, 4) is 0 Å². The minimum absolute atomic E-state index is 0. The molecule has 1 N–H and O–H groups in total. The van der Waals surface area contributed by atoms with Crippen LogP contribution in [0.15, 0.2) is 36.4 Å². The van der Waals surface area contributed by atoms with Gasteiger partial charge in [0.15, 0.2) is 5.82 Å². The number of nitrogens with zero attached hydrogens (tertiary/aromatic N) is 3. The third kappa shape index (κ3) is 4.55. The molecule has 2 heterocycles. The van der Waals surface area contributed by atoms with E-state index in [4.69, 9.17) is 16.3 Å². The lowest BCUT2D eigenvalue weighted by Crippen LogP contribution is -2.36. The first-order valence-corrected chi connectivity index (χ1v) is 9.72. The number of rotatable bonds is 4. The smallest absolute Gasteiger partial charge is 0.157 e. The van der Waals surface area contributed by atoms with Gasteiger partial charge < -0.3 is 15.0 Å². The summed E-state index contributed by atoms with van der Waals surface area (Å²) in [5.74, 6) is 0.334. The summed E-state index contributed by atoms with van der Waals surface area (Å²) in [6.45, 7) is 7.13. The molecule has 2 aromatic carbocycles. The van der Waals surface area contributed by atoms with E-state index in [1.165, 1.54) is 12.1 Å². The molecule has 1 atom stereocenters. The molecule has 4 rings (SSSR count). The van der Waals surface area contributed by atoms with Gasteiger partial charge in [-0.15, -0.1) is 17.5 Å². The molecular weight excluding hydrogens is 414 g/mol. The molecule has 1 aliphatic heterocycles. The first kappa shape index (κ1) is 21.6. The highest BCUT2D eigenvalue weighted by Gasteiger charge is 2.16. The lowest BCUT2D eigenvalue weighted by Gasteiger charge is -2.29. The van der Waals surface area contributed by atoms with Crippen LogP contribution < -0.4 is 10.2 Å². The van der Waals surface area contributed by atoms with Gasteiger partial charge in [0.1, 0.15) is 5.82 Å². The largest absolute Gasteiger partial charge is 0.378 e. The van der Waals surface area contributed by atoms with Crippen molar-refractivity contribution in [2.75, 3.05) is 36.5 Å². The maximum absolute atomic E-state index is 13.4. The molecule has 5 nitrogen and oxygen atoms in total. The van der Waals surface area contributed by atoms with Crippen LogP contribution in [0, 0.1) is 12.7 Å². The zero-order chi connectivity index (χ0) is 19.7. The summed E-state index contributed by atoms with van der Waals surface area (Å²) < 4.78 is 18.8. The van der Waals surface area contributed by atoms with Crippen molar-refractivity contribution < 1.29 is 9.13 Å². The first-order valence-electron chi connectivity index (χ1n) is 9.34. The molecule has 1 unspecified atom stereocenters. The van der Waals surface area contributed by atoms with Crippen LogP contribution >= 0.6 is 24.0 Å². The standard InChI is InChI=1S/C21H22ClFN4O.ClH/c1-13(18-5-3-15(23)11-20(18)22)24-21-19-12-16(27-7-9-28-10-8-27)4-6-17(19)14(2)25-26-21;/h3-6,11-13H,7-10H2,1-2H3,(H,24,26);1H. The molecule has 0 amide bonds. The molecule has 8 heteroatoms.